The third-order valence-corrected chi connectivity index (χ3v) is 6.90. The fourth-order valence-electron chi connectivity index (χ4n) is 5.18. The fourth-order valence-corrected chi connectivity index (χ4v) is 5.30. The summed E-state index contributed by atoms with van der Waals surface area (Å²) in [6.07, 6.45) is 3.29. The Morgan fingerprint density at radius 3 is 2.54 bits per heavy atom. The molecule has 0 amide bonds. The maximum absolute atomic E-state index is 13.5. The molecule has 2 aromatic rings. The number of fused-ring (bicyclic) bond motifs is 2. The van der Waals surface area contributed by atoms with E-state index in [9.17, 15) is 9.70 Å². The highest BCUT2D eigenvalue weighted by atomic mass is 35.5. The molecule has 5 heteroatoms. The molecule has 4 rings (SSSR count). The van der Waals surface area contributed by atoms with E-state index in [-0.39, 0.29) is 30.1 Å². The van der Waals surface area contributed by atoms with Crippen LogP contribution in [0.4, 0.5) is 0 Å². The van der Waals surface area contributed by atoms with Gasteiger partial charge in [-0.05, 0) is 55.5 Å². The Morgan fingerprint density at radius 2 is 1.86 bits per heavy atom. The quantitative estimate of drug-likeness (QED) is 0.616. The van der Waals surface area contributed by atoms with Gasteiger partial charge in [-0.25, -0.2) is 0 Å². The monoisotopic (exact) mass is 396 g/mol. The number of hydrogen-bond acceptors (Lipinski definition) is 4. The maximum Gasteiger partial charge on any atom is 0.140 e. The lowest BCUT2D eigenvalue weighted by molar-refractivity contribution is -0.127. The van der Waals surface area contributed by atoms with Crippen molar-refractivity contribution in [3.05, 3.63) is 75.7 Å². The van der Waals surface area contributed by atoms with Crippen molar-refractivity contribution in [3.63, 3.8) is 0 Å². The first-order chi connectivity index (χ1) is 13.6. The summed E-state index contributed by atoms with van der Waals surface area (Å²) < 4.78 is 0. The van der Waals surface area contributed by atoms with Crippen molar-refractivity contribution in [1.29, 1.82) is 0 Å². The number of Topliss-reactive ketones (excluding diaryl/α,β-unsaturated/α-hetero) is 1. The largest absolute Gasteiger partial charge is 0.300 e. The maximum atomic E-state index is 13.5. The molecule has 2 unspecified atom stereocenters. The second kappa shape index (κ2) is 8.14. The Morgan fingerprint density at radius 1 is 1.14 bits per heavy atom. The van der Waals surface area contributed by atoms with Gasteiger partial charge in [-0.15, -0.1) is 0 Å². The molecule has 0 radical (unpaired) electrons. The Kier molecular flexibility index (Phi) is 5.61. The highest BCUT2D eigenvalue weighted by molar-refractivity contribution is 6.30. The topological polar surface area (TPSA) is 49.7 Å². The van der Waals surface area contributed by atoms with Gasteiger partial charge in [0.1, 0.15) is 11.8 Å². The van der Waals surface area contributed by atoms with Crippen molar-refractivity contribution in [3.8, 4) is 0 Å². The van der Waals surface area contributed by atoms with Crippen LogP contribution < -0.4 is 0 Å². The van der Waals surface area contributed by atoms with Gasteiger partial charge in [0.15, 0.2) is 0 Å². The zero-order valence-electron chi connectivity index (χ0n) is 16.0. The summed E-state index contributed by atoms with van der Waals surface area (Å²) in [7, 11) is 2.13. The summed E-state index contributed by atoms with van der Waals surface area (Å²) >= 11 is 6.08. The molecule has 0 aliphatic carbocycles. The molecule has 5 atom stereocenters. The van der Waals surface area contributed by atoms with Crippen LogP contribution in [0.3, 0.4) is 0 Å². The van der Waals surface area contributed by atoms with Gasteiger partial charge in [0, 0.05) is 29.4 Å². The number of rotatable bonds is 6. The summed E-state index contributed by atoms with van der Waals surface area (Å²) in [5.74, 6) is 0.199. The molecule has 2 heterocycles. The van der Waals surface area contributed by atoms with Crippen molar-refractivity contribution >= 4 is 17.4 Å². The number of carbonyl (C=O) groups excluding carboxylic acids is 1. The number of piperidine rings is 1. The molecule has 0 spiro atoms. The van der Waals surface area contributed by atoms with Crippen molar-refractivity contribution in [1.82, 2.24) is 4.90 Å². The van der Waals surface area contributed by atoms with Gasteiger partial charge in [0.05, 0.1) is 0 Å². The zero-order valence-corrected chi connectivity index (χ0v) is 16.8. The highest BCUT2D eigenvalue weighted by Crippen LogP contribution is 2.47. The average Bonchev–Trinajstić information content (AvgIpc) is 2.95. The first-order valence-corrected chi connectivity index (χ1v) is 10.3. The predicted molar refractivity (Wildman–Crippen MR) is 111 cm³/mol. The van der Waals surface area contributed by atoms with Crippen molar-refractivity contribution in [2.24, 2.45) is 11.1 Å². The number of carbonyl (C=O) groups is 1. The third-order valence-electron chi connectivity index (χ3n) is 6.64. The highest BCUT2D eigenvalue weighted by Gasteiger charge is 2.48. The van der Waals surface area contributed by atoms with E-state index >= 15 is 0 Å². The van der Waals surface area contributed by atoms with Crippen LogP contribution in [-0.2, 0) is 4.79 Å². The molecule has 28 heavy (non-hydrogen) atoms. The number of nitrogens with zero attached hydrogens (tertiary/aromatic N) is 2. The lowest BCUT2D eigenvalue weighted by Gasteiger charge is -2.42. The zero-order chi connectivity index (χ0) is 19.7. The SMILES string of the molecule is CN1C2CC[C@@H]1C[C@H](c1ccc(Cl)cc1)[C@@H]2C(=O)CC(N=O)c1ccccc1. The van der Waals surface area contributed by atoms with E-state index in [1.54, 1.807) is 0 Å². The predicted octanol–water partition coefficient (Wildman–Crippen LogP) is 5.37. The Bertz CT molecular complexity index is 839. The number of hydrogen-bond donors (Lipinski definition) is 0. The lowest BCUT2D eigenvalue weighted by Crippen LogP contribution is -2.48. The second-order valence-electron chi connectivity index (χ2n) is 8.09. The van der Waals surface area contributed by atoms with E-state index in [0.29, 0.717) is 11.1 Å². The van der Waals surface area contributed by atoms with Crippen LogP contribution in [0.25, 0.3) is 0 Å². The normalized spacial score (nSPS) is 28.1. The smallest absolute Gasteiger partial charge is 0.140 e. The van der Waals surface area contributed by atoms with Crippen LogP contribution in [0.2, 0.25) is 5.02 Å². The van der Waals surface area contributed by atoms with Crippen LogP contribution in [0, 0.1) is 10.8 Å². The molecule has 2 bridgehead atoms. The Hall–Kier alpha value is -2.04. The summed E-state index contributed by atoms with van der Waals surface area (Å²) in [6.45, 7) is 0. The van der Waals surface area contributed by atoms with Gasteiger partial charge in [-0.2, -0.15) is 4.91 Å². The summed E-state index contributed by atoms with van der Waals surface area (Å²) in [5.41, 5.74) is 1.98. The molecule has 2 aliphatic rings. The Balaban J connectivity index is 1.62. The fraction of sp³-hybridized carbons (Fsp3) is 0.435. The van der Waals surface area contributed by atoms with E-state index in [1.165, 1.54) is 5.56 Å². The molecule has 0 saturated carbocycles. The molecular formula is C23H25ClN2O2. The van der Waals surface area contributed by atoms with E-state index < -0.39 is 6.04 Å². The van der Waals surface area contributed by atoms with Gasteiger partial charge in [0.2, 0.25) is 0 Å². The van der Waals surface area contributed by atoms with E-state index in [2.05, 4.69) is 17.1 Å². The van der Waals surface area contributed by atoms with Gasteiger partial charge in [-0.3, -0.25) is 9.69 Å². The minimum atomic E-state index is -0.621. The van der Waals surface area contributed by atoms with Crippen LogP contribution in [0.15, 0.2) is 59.8 Å². The number of benzene rings is 2. The number of ketones is 1. The lowest BCUT2D eigenvalue weighted by atomic mass is 9.73. The standard InChI is InChI=1S/C23H25ClN2O2/c1-26-18-11-12-21(26)23(19(13-18)15-7-9-17(24)10-8-15)22(27)14-20(25-28)16-5-3-2-4-6-16/h2-10,18-21,23H,11-14H2,1H3/t18-,19-,20?,21?,23+/m1/s1. The molecule has 0 aromatic heterocycles. The van der Waals surface area contributed by atoms with Crippen molar-refractivity contribution in [2.45, 2.75) is 49.7 Å². The van der Waals surface area contributed by atoms with E-state index in [4.69, 9.17) is 11.6 Å². The minimum Gasteiger partial charge on any atom is -0.300 e. The molecule has 2 fully saturated rings. The van der Waals surface area contributed by atoms with Gasteiger partial charge < -0.3 is 0 Å². The summed E-state index contributed by atoms with van der Waals surface area (Å²) in [4.78, 5) is 27.4. The summed E-state index contributed by atoms with van der Waals surface area (Å²) in [6, 6.07) is 17.4. The molecule has 146 valence electrons. The van der Waals surface area contributed by atoms with E-state index in [1.807, 2.05) is 54.6 Å². The van der Waals surface area contributed by atoms with Gasteiger partial charge >= 0.3 is 0 Å². The summed E-state index contributed by atoms with van der Waals surface area (Å²) in [5, 5.41) is 3.99. The van der Waals surface area contributed by atoms with Crippen LogP contribution in [-0.4, -0.2) is 29.8 Å². The molecule has 2 aromatic carbocycles. The minimum absolute atomic E-state index is 0.113. The molecular weight excluding hydrogens is 372 g/mol. The number of halogens is 1. The van der Waals surface area contributed by atoms with Crippen LogP contribution in [0.5, 0.6) is 0 Å². The Labute approximate surface area is 170 Å². The van der Waals surface area contributed by atoms with E-state index in [0.717, 1.165) is 24.8 Å². The molecule has 4 nitrogen and oxygen atoms in total. The average molecular weight is 397 g/mol. The van der Waals surface area contributed by atoms with Crippen molar-refractivity contribution in [2.75, 3.05) is 7.05 Å². The van der Waals surface area contributed by atoms with Gasteiger partial charge in [-0.1, -0.05) is 59.2 Å². The molecule has 2 aliphatic heterocycles. The molecule has 2 saturated heterocycles. The second-order valence-corrected chi connectivity index (χ2v) is 8.52. The first-order valence-electron chi connectivity index (χ1n) is 9.96. The van der Waals surface area contributed by atoms with Gasteiger partial charge in [0.25, 0.3) is 0 Å². The third kappa shape index (κ3) is 3.63. The van der Waals surface area contributed by atoms with Crippen molar-refractivity contribution < 1.29 is 4.79 Å². The first kappa shape index (κ1) is 19.3. The van der Waals surface area contributed by atoms with Crippen LogP contribution >= 0.6 is 11.6 Å². The molecule has 0 N–H and O–H groups in total. The van der Waals surface area contributed by atoms with Crippen LogP contribution in [0.1, 0.15) is 48.8 Å². The number of nitroso groups, excluding NO2 is 1.